The van der Waals surface area contributed by atoms with Gasteiger partial charge in [0.15, 0.2) is 23.0 Å². The first-order chi connectivity index (χ1) is 12.9. The van der Waals surface area contributed by atoms with E-state index in [2.05, 4.69) is 0 Å². The minimum absolute atomic E-state index is 0.0580. The Balaban J connectivity index is 2.17. The first-order valence-corrected chi connectivity index (χ1v) is 8.70. The molecular formula is C21H26O6. The Hall–Kier alpha value is -2.89. The summed E-state index contributed by atoms with van der Waals surface area (Å²) in [6, 6.07) is 8.48. The Morgan fingerprint density at radius 3 is 2.37 bits per heavy atom. The lowest BCUT2D eigenvalue weighted by molar-refractivity contribution is -0.145. The van der Waals surface area contributed by atoms with Gasteiger partial charge in [-0.15, -0.1) is 0 Å². The van der Waals surface area contributed by atoms with Crippen molar-refractivity contribution in [3.63, 3.8) is 0 Å². The molecule has 146 valence electrons. The molecule has 0 amide bonds. The fourth-order valence-corrected chi connectivity index (χ4v) is 3.18. The quantitative estimate of drug-likeness (QED) is 0.689. The molecule has 27 heavy (non-hydrogen) atoms. The summed E-state index contributed by atoms with van der Waals surface area (Å²) < 4.78 is 15.3. The van der Waals surface area contributed by atoms with E-state index in [-0.39, 0.29) is 23.4 Å². The molecule has 1 atom stereocenters. The van der Waals surface area contributed by atoms with Crippen LogP contribution in [0.4, 0.5) is 0 Å². The van der Waals surface area contributed by atoms with Crippen LogP contribution in [0.2, 0.25) is 0 Å². The van der Waals surface area contributed by atoms with Crippen molar-refractivity contribution in [3.8, 4) is 23.0 Å². The molecule has 2 aromatic rings. The molecule has 2 rings (SSSR count). The van der Waals surface area contributed by atoms with Gasteiger partial charge in [0.1, 0.15) is 0 Å². The molecule has 0 aliphatic carbocycles. The summed E-state index contributed by atoms with van der Waals surface area (Å²) in [6.07, 6.45) is 1.68. The van der Waals surface area contributed by atoms with Gasteiger partial charge in [0.25, 0.3) is 0 Å². The molecule has 0 heterocycles. The number of hydrogen-bond donors (Lipinski definition) is 2. The van der Waals surface area contributed by atoms with Crippen LogP contribution in [0.5, 0.6) is 23.0 Å². The summed E-state index contributed by atoms with van der Waals surface area (Å²) in [6.45, 7) is 1.88. The van der Waals surface area contributed by atoms with Gasteiger partial charge < -0.3 is 24.4 Å². The maximum atomic E-state index is 12.3. The lowest BCUT2D eigenvalue weighted by Gasteiger charge is -2.17. The second-order valence-electron chi connectivity index (χ2n) is 6.37. The highest BCUT2D eigenvalue weighted by Crippen LogP contribution is 2.33. The van der Waals surface area contributed by atoms with E-state index in [4.69, 9.17) is 14.2 Å². The number of rotatable bonds is 8. The number of carbonyl (C=O) groups excluding carboxylic acids is 1. The number of benzene rings is 2. The molecule has 0 bridgehead atoms. The molecule has 0 fully saturated rings. The average Bonchev–Trinajstić information content (AvgIpc) is 2.67. The molecule has 0 aliphatic heterocycles. The van der Waals surface area contributed by atoms with Gasteiger partial charge in [-0.2, -0.15) is 0 Å². The first kappa shape index (κ1) is 20.4. The largest absolute Gasteiger partial charge is 0.504 e. The van der Waals surface area contributed by atoms with E-state index in [1.165, 1.54) is 21.3 Å². The van der Waals surface area contributed by atoms with Crippen molar-refractivity contribution in [2.24, 2.45) is 5.92 Å². The zero-order valence-corrected chi connectivity index (χ0v) is 16.1. The standard InChI is InChI=1S/C21H26O6/c1-13-15(8-10-18(23)20(13)26-3)6-7-16(21(24)27-4)11-14-5-9-17(22)19(12-14)25-2/h5,8-10,12,16,22-23H,6-7,11H2,1-4H3. The normalized spacial score (nSPS) is 11.7. The maximum absolute atomic E-state index is 12.3. The summed E-state index contributed by atoms with van der Waals surface area (Å²) >= 11 is 0. The van der Waals surface area contributed by atoms with Crippen LogP contribution in [-0.4, -0.2) is 37.5 Å². The number of aromatic hydroxyl groups is 2. The predicted octanol–water partition coefficient (Wildman–Crippen LogP) is 3.39. The SMILES string of the molecule is COC(=O)C(CCc1ccc(O)c(OC)c1C)Cc1ccc(O)c(OC)c1. The summed E-state index contributed by atoms with van der Waals surface area (Å²) in [5.41, 5.74) is 2.73. The fourth-order valence-electron chi connectivity index (χ4n) is 3.18. The van der Waals surface area contributed by atoms with Crippen molar-refractivity contribution >= 4 is 5.97 Å². The number of phenols is 2. The highest BCUT2D eigenvalue weighted by atomic mass is 16.5. The monoisotopic (exact) mass is 374 g/mol. The molecule has 1 unspecified atom stereocenters. The van der Waals surface area contributed by atoms with Gasteiger partial charge in [0, 0.05) is 0 Å². The lowest BCUT2D eigenvalue weighted by atomic mass is 9.91. The summed E-state index contributed by atoms with van der Waals surface area (Å²) in [5, 5.41) is 19.6. The third-order valence-electron chi connectivity index (χ3n) is 4.72. The van der Waals surface area contributed by atoms with Crippen molar-refractivity contribution in [1.82, 2.24) is 0 Å². The van der Waals surface area contributed by atoms with Crippen LogP contribution in [0.15, 0.2) is 30.3 Å². The Bertz CT molecular complexity index is 799. The Kier molecular flexibility index (Phi) is 6.93. The smallest absolute Gasteiger partial charge is 0.309 e. The van der Waals surface area contributed by atoms with Crippen LogP contribution in [0.1, 0.15) is 23.1 Å². The van der Waals surface area contributed by atoms with Gasteiger partial charge in [-0.3, -0.25) is 4.79 Å². The summed E-state index contributed by atoms with van der Waals surface area (Å²) in [7, 11) is 4.38. The third kappa shape index (κ3) is 4.84. The van der Waals surface area contributed by atoms with Crippen LogP contribution < -0.4 is 9.47 Å². The Labute approximate surface area is 159 Å². The maximum Gasteiger partial charge on any atom is 0.309 e. The van der Waals surface area contributed by atoms with Crippen molar-refractivity contribution < 1.29 is 29.2 Å². The number of methoxy groups -OCH3 is 3. The Morgan fingerprint density at radius 2 is 1.74 bits per heavy atom. The van der Waals surface area contributed by atoms with Crippen LogP contribution in [0.25, 0.3) is 0 Å². The highest BCUT2D eigenvalue weighted by Gasteiger charge is 2.21. The zero-order valence-electron chi connectivity index (χ0n) is 16.1. The fraction of sp³-hybridized carbons (Fsp3) is 0.381. The highest BCUT2D eigenvalue weighted by molar-refractivity contribution is 5.72. The number of ether oxygens (including phenoxy) is 3. The van der Waals surface area contributed by atoms with Crippen LogP contribution in [-0.2, 0) is 22.4 Å². The predicted molar refractivity (Wildman–Crippen MR) is 102 cm³/mol. The zero-order chi connectivity index (χ0) is 20.0. The molecule has 6 heteroatoms. The summed E-state index contributed by atoms with van der Waals surface area (Å²) in [4.78, 5) is 12.3. The average molecular weight is 374 g/mol. The Morgan fingerprint density at radius 1 is 1.04 bits per heavy atom. The van der Waals surface area contributed by atoms with E-state index in [1.807, 2.05) is 13.0 Å². The molecule has 0 aliphatic rings. The van der Waals surface area contributed by atoms with Crippen LogP contribution >= 0.6 is 0 Å². The van der Waals surface area contributed by atoms with E-state index in [0.29, 0.717) is 30.8 Å². The minimum Gasteiger partial charge on any atom is -0.504 e. The van der Waals surface area contributed by atoms with Crippen molar-refractivity contribution in [1.29, 1.82) is 0 Å². The first-order valence-electron chi connectivity index (χ1n) is 8.70. The number of esters is 1. The van der Waals surface area contributed by atoms with Crippen LogP contribution in [0.3, 0.4) is 0 Å². The number of hydrogen-bond acceptors (Lipinski definition) is 6. The molecule has 0 aromatic heterocycles. The molecule has 2 N–H and O–H groups in total. The minimum atomic E-state index is -0.344. The number of phenolic OH excluding ortho intramolecular Hbond substituents is 2. The van der Waals surface area contributed by atoms with E-state index in [1.54, 1.807) is 24.3 Å². The molecule has 0 saturated carbocycles. The van der Waals surface area contributed by atoms with Crippen molar-refractivity contribution in [3.05, 3.63) is 47.0 Å². The van der Waals surface area contributed by atoms with Gasteiger partial charge in [-0.25, -0.2) is 0 Å². The van der Waals surface area contributed by atoms with Gasteiger partial charge in [0.05, 0.1) is 27.2 Å². The molecule has 6 nitrogen and oxygen atoms in total. The van der Waals surface area contributed by atoms with E-state index in [9.17, 15) is 15.0 Å². The molecule has 2 aromatic carbocycles. The second-order valence-corrected chi connectivity index (χ2v) is 6.37. The molecule has 0 saturated heterocycles. The van der Waals surface area contributed by atoms with Gasteiger partial charge in [0.2, 0.25) is 0 Å². The third-order valence-corrected chi connectivity index (χ3v) is 4.72. The van der Waals surface area contributed by atoms with Crippen LogP contribution in [0, 0.1) is 12.8 Å². The summed E-state index contributed by atoms with van der Waals surface area (Å²) in [5.74, 6) is 0.344. The van der Waals surface area contributed by atoms with E-state index < -0.39 is 0 Å². The van der Waals surface area contributed by atoms with E-state index in [0.717, 1.165) is 16.7 Å². The van der Waals surface area contributed by atoms with Crippen molar-refractivity contribution in [2.75, 3.05) is 21.3 Å². The molecule has 0 spiro atoms. The molecule has 0 radical (unpaired) electrons. The van der Waals surface area contributed by atoms with Gasteiger partial charge in [-0.1, -0.05) is 12.1 Å². The number of aryl methyl sites for hydroxylation is 1. The lowest BCUT2D eigenvalue weighted by Crippen LogP contribution is -2.20. The number of carbonyl (C=O) groups is 1. The molecular weight excluding hydrogens is 348 g/mol. The topological polar surface area (TPSA) is 85.2 Å². The van der Waals surface area contributed by atoms with E-state index >= 15 is 0 Å². The van der Waals surface area contributed by atoms with Crippen molar-refractivity contribution in [2.45, 2.75) is 26.2 Å². The van der Waals surface area contributed by atoms with Gasteiger partial charge >= 0.3 is 5.97 Å². The second kappa shape index (κ2) is 9.16. The van der Waals surface area contributed by atoms with Gasteiger partial charge in [-0.05, 0) is 61.1 Å².